The van der Waals surface area contributed by atoms with Crippen molar-refractivity contribution in [2.75, 3.05) is 24.9 Å². The van der Waals surface area contributed by atoms with Crippen LogP contribution in [0.2, 0.25) is 0 Å². The van der Waals surface area contributed by atoms with Gasteiger partial charge in [-0.15, -0.1) is 0 Å². The maximum atomic E-state index is 12.9. The lowest BCUT2D eigenvalue weighted by Gasteiger charge is -2.30. The minimum atomic E-state index is -3.86. The second-order valence-corrected chi connectivity index (χ2v) is 12.0. The number of carbonyl (C=O) groups excluding carboxylic acids is 1. The van der Waals surface area contributed by atoms with Crippen LogP contribution in [0.5, 0.6) is 17.2 Å². The molecule has 0 aliphatic rings. The van der Waals surface area contributed by atoms with Crippen LogP contribution in [-0.2, 0) is 31.5 Å². The predicted octanol–water partition coefficient (Wildman–Crippen LogP) is 2.40. The summed E-state index contributed by atoms with van der Waals surface area (Å²) in [5.41, 5.74) is 0.0727. The van der Waals surface area contributed by atoms with Gasteiger partial charge in [-0.2, -0.15) is 5.10 Å². The molecule has 0 saturated heterocycles. The zero-order chi connectivity index (χ0) is 26.7. The Kier molecular flexibility index (Phi) is 7.71. The molecule has 0 aliphatic carbocycles. The Morgan fingerprint density at radius 2 is 1.75 bits per heavy atom. The standard InChI is InChI=1S/C22H26N4O8S2/c1-6-22(32-3,36(5,30)31)34-18-12-15(21(27)24-19-9-10-26(2)25-19)11-17(13-18)33-16-7-8-20(23-14-16)35(4,28)29/h7-14H,6H2,1-5H3,(H,24,25,27). The van der Waals surface area contributed by atoms with Crippen molar-refractivity contribution in [1.29, 1.82) is 0 Å². The Balaban J connectivity index is 2.01. The van der Waals surface area contributed by atoms with E-state index in [-0.39, 0.29) is 34.3 Å². The summed E-state index contributed by atoms with van der Waals surface area (Å²) in [5, 5.41) is 4.60. The molecule has 1 unspecified atom stereocenters. The normalized spacial score (nSPS) is 13.6. The lowest BCUT2D eigenvalue weighted by atomic mass is 10.2. The second kappa shape index (κ2) is 10.2. The van der Waals surface area contributed by atoms with Crippen molar-refractivity contribution in [1.82, 2.24) is 14.8 Å². The lowest BCUT2D eigenvalue weighted by Crippen LogP contribution is -2.45. The van der Waals surface area contributed by atoms with E-state index in [4.69, 9.17) is 14.2 Å². The van der Waals surface area contributed by atoms with Crippen LogP contribution in [0, 0.1) is 0 Å². The molecule has 3 aromatic rings. The van der Waals surface area contributed by atoms with Gasteiger partial charge in [0.15, 0.2) is 20.7 Å². The van der Waals surface area contributed by atoms with E-state index in [0.717, 1.165) is 12.5 Å². The molecule has 14 heteroatoms. The van der Waals surface area contributed by atoms with E-state index >= 15 is 0 Å². The van der Waals surface area contributed by atoms with Gasteiger partial charge in [-0.3, -0.25) is 9.48 Å². The molecule has 12 nitrogen and oxygen atoms in total. The van der Waals surface area contributed by atoms with Crippen molar-refractivity contribution in [2.45, 2.75) is 23.5 Å². The first-order valence-electron chi connectivity index (χ1n) is 10.5. The van der Waals surface area contributed by atoms with Crippen LogP contribution < -0.4 is 14.8 Å². The van der Waals surface area contributed by atoms with E-state index in [9.17, 15) is 21.6 Å². The van der Waals surface area contributed by atoms with Crippen LogP contribution in [0.15, 0.2) is 53.8 Å². The van der Waals surface area contributed by atoms with Gasteiger partial charge in [-0.25, -0.2) is 21.8 Å². The molecule has 1 N–H and O–H groups in total. The Labute approximate surface area is 209 Å². The van der Waals surface area contributed by atoms with E-state index in [2.05, 4.69) is 15.4 Å². The minimum Gasteiger partial charge on any atom is -0.456 e. The van der Waals surface area contributed by atoms with Gasteiger partial charge < -0.3 is 19.5 Å². The third kappa shape index (κ3) is 6.19. The molecule has 36 heavy (non-hydrogen) atoms. The number of methoxy groups -OCH3 is 1. The molecule has 0 bridgehead atoms. The van der Waals surface area contributed by atoms with Crippen LogP contribution in [0.3, 0.4) is 0 Å². The predicted molar refractivity (Wildman–Crippen MR) is 131 cm³/mol. The molecule has 1 atom stereocenters. The molecule has 1 aromatic carbocycles. The van der Waals surface area contributed by atoms with Gasteiger partial charge in [-0.05, 0) is 24.3 Å². The van der Waals surface area contributed by atoms with Gasteiger partial charge >= 0.3 is 5.12 Å². The summed E-state index contributed by atoms with van der Waals surface area (Å²) >= 11 is 0. The number of nitrogens with one attached hydrogen (secondary N) is 1. The molecule has 3 rings (SSSR count). The number of pyridine rings is 1. The first kappa shape index (κ1) is 27.1. The van der Waals surface area contributed by atoms with Gasteiger partial charge in [0.05, 0.1) is 6.20 Å². The number of aromatic nitrogens is 3. The van der Waals surface area contributed by atoms with Crippen LogP contribution in [0.4, 0.5) is 5.82 Å². The molecule has 194 valence electrons. The molecule has 0 fully saturated rings. The Bertz CT molecular complexity index is 1460. The highest BCUT2D eigenvalue weighted by Gasteiger charge is 2.42. The SMILES string of the molecule is CCC(OC)(Oc1cc(Oc2ccc(S(C)(=O)=O)nc2)cc(C(=O)Nc2ccn(C)n2)c1)S(C)(=O)=O. The average molecular weight is 539 g/mol. The number of hydrogen-bond donors (Lipinski definition) is 1. The Morgan fingerprint density at radius 1 is 1.06 bits per heavy atom. The molecule has 2 aromatic heterocycles. The van der Waals surface area contributed by atoms with Crippen LogP contribution in [-0.4, -0.2) is 62.2 Å². The molecule has 0 radical (unpaired) electrons. The lowest BCUT2D eigenvalue weighted by molar-refractivity contribution is -0.0955. The highest BCUT2D eigenvalue weighted by molar-refractivity contribution is 7.91. The number of benzene rings is 1. The number of aryl methyl sites for hydroxylation is 1. The number of hydrogen-bond acceptors (Lipinski definition) is 10. The molecule has 2 heterocycles. The second-order valence-electron chi connectivity index (χ2n) is 7.84. The minimum absolute atomic E-state index is 0.0199. The number of rotatable bonds is 10. The Hall–Kier alpha value is -3.49. The summed E-state index contributed by atoms with van der Waals surface area (Å²) in [6.45, 7) is 1.58. The molecule has 0 saturated carbocycles. The molecule has 0 spiro atoms. The Morgan fingerprint density at radius 3 is 2.25 bits per heavy atom. The first-order valence-corrected chi connectivity index (χ1v) is 14.3. The van der Waals surface area contributed by atoms with Gasteiger partial charge in [-0.1, -0.05) is 6.92 Å². The summed E-state index contributed by atoms with van der Waals surface area (Å²) in [6, 6.07) is 8.38. The first-order chi connectivity index (χ1) is 16.8. The van der Waals surface area contributed by atoms with Crippen molar-refractivity contribution in [2.24, 2.45) is 7.05 Å². The largest absolute Gasteiger partial charge is 0.456 e. The maximum absolute atomic E-state index is 12.9. The van der Waals surface area contributed by atoms with Crippen LogP contribution in [0.25, 0.3) is 0 Å². The van der Waals surface area contributed by atoms with Crippen molar-refractivity contribution < 1.29 is 35.8 Å². The number of sulfone groups is 2. The number of nitrogens with zero attached hydrogens (tertiary/aromatic N) is 3. The highest BCUT2D eigenvalue weighted by atomic mass is 32.2. The summed E-state index contributed by atoms with van der Waals surface area (Å²) in [5.74, 6) is -0.0101. The fourth-order valence-electron chi connectivity index (χ4n) is 3.20. The van der Waals surface area contributed by atoms with E-state index in [1.807, 2.05) is 0 Å². The van der Waals surface area contributed by atoms with Crippen molar-refractivity contribution in [3.8, 4) is 17.2 Å². The molecule has 0 aliphatic heterocycles. The number of amides is 1. The fourth-order valence-corrected chi connectivity index (χ4v) is 4.83. The summed E-state index contributed by atoms with van der Waals surface area (Å²) in [6.07, 6.45) is 4.82. The zero-order valence-corrected chi connectivity index (χ0v) is 21.9. The third-order valence-corrected chi connectivity index (χ3v) is 7.67. The smallest absolute Gasteiger partial charge is 0.313 e. The van der Waals surface area contributed by atoms with Crippen molar-refractivity contribution in [3.05, 3.63) is 54.4 Å². The molecular weight excluding hydrogens is 512 g/mol. The van der Waals surface area contributed by atoms with Crippen molar-refractivity contribution >= 4 is 31.4 Å². The highest BCUT2D eigenvalue weighted by Crippen LogP contribution is 2.33. The van der Waals surface area contributed by atoms with Gasteiger partial charge in [0.1, 0.15) is 17.2 Å². The maximum Gasteiger partial charge on any atom is 0.313 e. The molecule has 1 amide bonds. The number of anilines is 1. The zero-order valence-electron chi connectivity index (χ0n) is 20.3. The molecular formula is C22H26N4O8S2. The van der Waals surface area contributed by atoms with Crippen LogP contribution >= 0.6 is 0 Å². The van der Waals surface area contributed by atoms with Gasteiger partial charge in [0, 0.05) is 57.0 Å². The monoisotopic (exact) mass is 538 g/mol. The van der Waals surface area contributed by atoms with Crippen LogP contribution in [0.1, 0.15) is 23.7 Å². The van der Waals surface area contributed by atoms with Gasteiger partial charge in [0.2, 0.25) is 9.84 Å². The third-order valence-electron chi connectivity index (χ3n) is 5.00. The van der Waals surface area contributed by atoms with Gasteiger partial charge in [0.25, 0.3) is 5.91 Å². The topological polar surface area (TPSA) is 156 Å². The summed E-state index contributed by atoms with van der Waals surface area (Å²) in [7, 11) is -4.47. The summed E-state index contributed by atoms with van der Waals surface area (Å²) in [4.78, 5) is 16.8. The fraction of sp³-hybridized carbons (Fsp3) is 0.318. The van der Waals surface area contributed by atoms with Crippen molar-refractivity contribution in [3.63, 3.8) is 0 Å². The number of carbonyl (C=O) groups is 1. The quantitative estimate of drug-likeness (QED) is 0.380. The van der Waals surface area contributed by atoms with E-state index in [1.165, 1.54) is 48.3 Å². The van der Waals surface area contributed by atoms with E-state index in [1.54, 1.807) is 26.2 Å². The van der Waals surface area contributed by atoms with E-state index < -0.39 is 30.7 Å². The van der Waals surface area contributed by atoms with E-state index in [0.29, 0.717) is 5.82 Å². The average Bonchev–Trinajstić information content (AvgIpc) is 3.20. The number of ether oxygens (including phenoxy) is 3. The summed E-state index contributed by atoms with van der Waals surface area (Å²) < 4.78 is 66.5.